The van der Waals surface area contributed by atoms with Gasteiger partial charge in [0, 0.05) is 37.4 Å². The molecule has 0 saturated heterocycles. The van der Waals surface area contributed by atoms with Gasteiger partial charge in [-0.2, -0.15) is 0 Å². The number of hydrogen-bond donors (Lipinski definition) is 2. The zero-order chi connectivity index (χ0) is 25.9. The van der Waals surface area contributed by atoms with E-state index in [9.17, 15) is 9.59 Å². The maximum Gasteiger partial charge on any atom is 0.274 e. The summed E-state index contributed by atoms with van der Waals surface area (Å²) < 4.78 is 0. The third-order valence-corrected chi connectivity index (χ3v) is 5.93. The lowest BCUT2D eigenvalue weighted by molar-refractivity contribution is -0.114. The molecule has 1 amide bonds. The highest BCUT2D eigenvalue weighted by molar-refractivity contribution is 6.69. The molecule has 2 N–H and O–H groups in total. The highest BCUT2D eigenvalue weighted by Gasteiger charge is 2.22. The van der Waals surface area contributed by atoms with E-state index in [4.69, 9.17) is 0 Å². The average molecular weight is 483 g/mol. The number of aryl methyl sites for hydroxylation is 1. The van der Waals surface area contributed by atoms with Gasteiger partial charge in [-0.3, -0.25) is 9.59 Å². The van der Waals surface area contributed by atoms with Crippen LogP contribution in [0.1, 0.15) is 34.0 Å². The van der Waals surface area contributed by atoms with Crippen molar-refractivity contribution in [3.8, 4) is 0 Å². The summed E-state index contributed by atoms with van der Waals surface area (Å²) in [5, 5.41) is 6.03. The van der Waals surface area contributed by atoms with Crippen LogP contribution < -0.4 is 15.5 Å². The number of likely N-dealkylation sites (N-methyl/N-ethyl adjacent to an activating group) is 2. The zero-order valence-electron chi connectivity index (χ0n) is 21.3. The molecule has 0 radical (unpaired) electrons. The van der Waals surface area contributed by atoms with Crippen LogP contribution in [0.25, 0.3) is 6.08 Å². The minimum atomic E-state index is -0.510. The van der Waals surface area contributed by atoms with Crippen LogP contribution in [0.4, 0.5) is 11.4 Å². The topological polar surface area (TPSA) is 73.8 Å². The number of benzene rings is 3. The largest absolute Gasteiger partial charge is 0.371 e. The molecular formula is C30H34N4O2. The van der Waals surface area contributed by atoms with Crippen molar-refractivity contribution in [1.29, 1.82) is 0 Å². The van der Waals surface area contributed by atoms with Crippen molar-refractivity contribution in [2.75, 3.05) is 31.6 Å². The Kier molecular flexibility index (Phi) is 9.72. The van der Waals surface area contributed by atoms with Crippen LogP contribution in [0.5, 0.6) is 0 Å². The van der Waals surface area contributed by atoms with Gasteiger partial charge in [0.15, 0.2) is 5.71 Å². The molecule has 0 aliphatic heterocycles. The molecule has 3 rings (SSSR count). The first-order valence-electron chi connectivity index (χ1n) is 12.1. The molecule has 0 aliphatic rings. The van der Waals surface area contributed by atoms with E-state index in [1.807, 2.05) is 62.5 Å². The SMILES string of the molecule is C=Cc1ccc(CNC(=O)C(=Nc2ccc(N(CC)CCNC)cc2C)C(=O)c2ccccc2)cc1. The molecule has 3 aromatic rings. The Morgan fingerprint density at radius 3 is 2.36 bits per heavy atom. The number of rotatable bonds is 12. The third-order valence-electron chi connectivity index (χ3n) is 5.93. The molecule has 0 aliphatic carbocycles. The molecule has 0 spiro atoms. The number of carbonyl (C=O) groups excluding carboxylic acids is 2. The minimum absolute atomic E-state index is 0.137. The monoisotopic (exact) mass is 482 g/mol. The van der Waals surface area contributed by atoms with Crippen LogP contribution in [-0.4, -0.2) is 44.1 Å². The fraction of sp³-hybridized carbons (Fsp3) is 0.233. The number of ketones is 1. The Labute approximate surface area is 213 Å². The lowest BCUT2D eigenvalue weighted by Crippen LogP contribution is -2.35. The molecule has 0 unspecified atom stereocenters. The van der Waals surface area contributed by atoms with Gasteiger partial charge in [0.05, 0.1) is 5.69 Å². The summed E-state index contributed by atoms with van der Waals surface area (Å²) in [7, 11) is 1.93. The number of amides is 1. The standard InChI is InChI=1S/C30H34N4O2/c1-5-23-12-14-24(15-13-23)21-32-30(36)28(29(35)25-10-8-7-9-11-25)33-27-17-16-26(20-22(27)3)34(6-2)19-18-31-4/h5,7-17,20,31H,1,6,18-19,21H2,2-4H3,(H,32,36). The molecule has 36 heavy (non-hydrogen) atoms. The van der Waals surface area contributed by atoms with Gasteiger partial charge in [0.2, 0.25) is 5.78 Å². The van der Waals surface area contributed by atoms with Crippen LogP contribution in [0.2, 0.25) is 0 Å². The van der Waals surface area contributed by atoms with Gasteiger partial charge < -0.3 is 15.5 Å². The van der Waals surface area contributed by atoms with Gasteiger partial charge in [0.25, 0.3) is 5.91 Å². The Bertz CT molecular complexity index is 1220. The van der Waals surface area contributed by atoms with E-state index < -0.39 is 11.7 Å². The minimum Gasteiger partial charge on any atom is -0.371 e. The lowest BCUT2D eigenvalue weighted by Gasteiger charge is -2.23. The van der Waals surface area contributed by atoms with Crippen molar-refractivity contribution in [2.45, 2.75) is 20.4 Å². The fourth-order valence-corrected chi connectivity index (χ4v) is 3.77. The molecule has 6 heteroatoms. The number of nitrogens with zero attached hydrogens (tertiary/aromatic N) is 2. The maximum atomic E-state index is 13.3. The van der Waals surface area contributed by atoms with E-state index >= 15 is 0 Å². The van der Waals surface area contributed by atoms with Crippen molar-refractivity contribution in [3.63, 3.8) is 0 Å². The van der Waals surface area contributed by atoms with E-state index in [1.165, 1.54) is 0 Å². The summed E-state index contributed by atoms with van der Waals surface area (Å²) in [5.41, 5.74) is 4.75. The van der Waals surface area contributed by atoms with E-state index in [1.54, 1.807) is 30.3 Å². The van der Waals surface area contributed by atoms with E-state index in [0.29, 0.717) is 11.3 Å². The van der Waals surface area contributed by atoms with Crippen molar-refractivity contribution in [1.82, 2.24) is 10.6 Å². The summed E-state index contributed by atoms with van der Waals surface area (Å²) >= 11 is 0. The van der Waals surface area contributed by atoms with Crippen LogP contribution in [-0.2, 0) is 11.3 Å². The van der Waals surface area contributed by atoms with E-state index in [2.05, 4.69) is 34.0 Å². The summed E-state index contributed by atoms with van der Waals surface area (Å²) in [6.45, 7) is 10.7. The number of nitrogens with one attached hydrogen (secondary N) is 2. The second-order valence-electron chi connectivity index (χ2n) is 8.44. The molecule has 0 atom stereocenters. The Balaban J connectivity index is 1.89. The van der Waals surface area contributed by atoms with Gasteiger partial charge in [-0.1, -0.05) is 67.3 Å². The van der Waals surface area contributed by atoms with Crippen molar-refractivity contribution in [2.24, 2.45) is 4.99 Å². The Morgan fingerprint density at radius 2 is 1.75 bits per heavy atom. The third kappa shape index (κ3) is 6.99. The highest BCUT2D eigenvalue weighted by Crippen LogP contribution is 2.25. The summed E-state index contributed by atoms with van der Waals surface area (Å²) in [4.78, 5) is 33.4. The second-order valence-corrected chi connectivity index (χ2v) is 8.44. The first-order valence-corrected chi connectivity index (χ1v) is 12.1. The molecular weight excluding hydrogens is 448 g/mol. The van der Waals surface area contributed by atoms with Crippen molar-refractivity contribution in [3.05, 3.63) is 102 Å². The Hall–Kier alpha value is -4.03. The first kappa shape index (κ1) is 26.6. The predicted octanol–water partition coefficient (Wildman–Crippen LogP) is 4.96. The summed E-state index contributed by atoms with van der Waals surface area (Å²) in [5.74, 6) is -0.924. The van der Waals surface area contributed by atoms with Crippen LogP contribution >= 0.6 is 0 Å². The highest BCUT2D eigenvalue weighted by atomic mass is 16.2. The fourth-order valence-electron chi connectivity index (χ4n) is 3.77. The normalized spacial score (nSPS) is 11.1. The van der Waals surface area contributed by atoms with Crippen LogP contribution in [0, 0.1) is 6.92 Å². The van der Waals surface area contributed by atoms with Gasteiger partial charge in [-0.05, 0) is 55.8 Å². The molecule has 6 nitrogen and oxygen atoms in total. The van der Waals surface area contributed by atoms with Gasteiger partial charge in [-0.15, -0.1) is 0 Å². The smallest absolute Gasteiger partial charge is 0.274 e. The van der Waals surface area contributed by atoms with Crippen molar-refractivity contribution < 1.29 is 9.59 Å². The molecule has 3 aromatic carbocycles. The van der Waals surface area contributed by atoms with Crippen molar-refractivity contribution >= 4 is 34.9 Å². The summed E-state index contributed by atoms with van der Waals surface area (Å²) in [6.07, 6.45) is 1.76. The zero-order valence-corrected chi connectivity index (χ0v) is 21.3. The number of aliphatic imine (C=N–C) groups is 1. The molecule has 0 bridgehead atoms. The number of anilines is 1. The quantitative estimate of drug-likeness (QED) is 0.218. The lowest BCUT2D eigenvalue weighted by atomic mass is 10.1. The average Bonchev–Trinajstić information content (AvgIpc) is 2.92. The Morgan fingerprint density at radius 1 is 1.03 bits per heavy atom. The molecule has 0 saturated carbocycles. The summed E-state index contributed by atoms with van der Waals surface area (Å²) in [6, 6.07) is 22.3. The second kappa shape index (κ2) is 13.2. The van der Waals surface area contributed by atoms with Gasteiger partial charge in [-0.25, -0.2) is 4.99 Å². The number of hydrogen-bond acceptors (Lipinski definition) is 5. The molecule has 0 heterocycles. The number of Topliss-reactive ketones (excluding diaryl/α,β-unsaturated/α-hetero) is 1. The van der Waals surface area contributed by atoms with Crippen LogP contribution in [0.3, 0.4) is 0 Å². The predicted molar refractivity (Wildman–Crippen MR) is 149 cm³/mol. The number of carbonyl (C=O) groups is 2. The van der Waals surface area contributed by atoms with Gasteiger partial charge in [0.1, 0.15) is 0 Å². The first-order chi connectivity index (χ1) is 17.5. The van der Waals surface area contributed by atoms with E-state index in [-0.39, 0.29) is 12.3 Å². The molecule has 0 aromatic heterocycles. The van der Waals surface area contributed by atoms with Gasteiger partial charge >= 0.3 is 0 Å². The molecule has 0 fully saturated rings. The van der Waals surface area contributed by atoms with E-state index in [0.717, 1.165) is 42.0 Å². The maximum absolute atomic E-state index is 13.3. The van der Waals surface area contributed by atoms with Crippen LogP contribution in [0.15, 0.2) is 84.4 Å². The molecule has 186 valence electrons.